The van der Waals surface area contributed by atoms with Gasteiger partial charge in [-0.05, 0) is 47.8 Å². The minimum atomic E-state index is -1.03. The molecule has 1 aromatic heterocycles. The average molecular weight is 382 g/mol. The molecule has 7 heteroatoms. The molecule has 1 saturated heterocycles. The topological polar surface area (TPSA) is 68.7 Å². The maximum Gasteiger partial charge on any atom is 0.409 e. The number of hydrogen-bond donors (Lipinski definition) is 2. The zero-order chi connectivity index (χ0) is 18.6. The van der Waals surface area contributed by atoms with Crippen molar-refractivity contribution in [2.24, 2.45) is 0 Å². The van der Waals surface area contributed by atoms with E-state index in [0.717, 1.165) is 50.5 Å². The van der Waals surface area contributed by atoms with E-state index in [9.17, 15) is 4.79 Å². The maximum absolute atomic E-state index is 10.8. The summed E-state index contributed by atoms with van der Waals surface area (Å²) < 4.78 is 5.91. The Morgan fingerprint density at radius 1 is 1.11 bits per heavy atom. The summed E-state index contributed by atoms with van der Waals surface area (Å²) >= 11 is 1.57. The van der Waals surface area contributed by atoms with Gasteiger partial charge in [0.1, 0.15) is 5.82 Å². The van der Waals surface area contributed by atoms with Gasteiger partial charge < -0.3 is 10.0 Å². The highest BCUT2D eigenvalue weighted by atomic mass is 32.1. The maximum atomic E-state index is 10.8. The first-order valence-electron chi connectivity index (χ1n) is 9.10. The summed E-state index contributed by atoms with van der Waals surface area (Å²) in [5.41, 5.74) is 1.77. The minimum Gasteiger partial charge on any atom is -0.465 e. The fraction of sp³-hybridized carbons (Fsp3) is 0.300. The van der Waals surface area contributed by atoms with Crippen molar-refractivity contribution in [3.63, 3.8) is 0 Å². The molecule has 6 nitrogen and oxygen atoms in total. The number of aromatic nitrogens is 1. The van der Waals surface area contributed by atoms with Crippen LogP contribution < -0.4 is 10.2 Å². The van der Waals surface area contributed by atoms with Gasteiger partial charge in [0.05, 0.1) is 4.70 Å². The Labute approximate surface area is 162 Å². The van der Waals surface area contributed by atoms with Crippen molar-refractivity contribution in [3.05, 3.63) is 54.1 Å². The van der Waals surface area contributed by atoms with E-state index in [4.69, 9.17) is 5.11 Å². The lowest BCUT2D eigenvalue weighted by atomic mass is 10.1. The highest BCUT2D eigenvalue weighted by Crippen LogP contribution is 2.29. The molecule has 1 fully saturated rings. The van der Waals surface area contributed by atoms with Crippen LogP contribution in [-0.2, 0) is 6.42 Å². The van der Waals surface area contributed by atoms with Crippen LogP contribution in [0.1, 0.15) is 5.56 Å². The molecule has 0 bridgehead atoms. The molecule has 1 aliphatic rings. The number of benzene rings is 2. The van der Waals surface area contributed by atoms with Gasteiger partial charge in [0, 0.05) is 43.8 Å². The van der Waals surface area contributed by atoms with Gasteiger partial charge in [-0.1, -0.05) is 24.3 Å². The summed E-state index contributed by atoms with van der Waals surface area (Å²) in [5.74, 6) is 1.11. The molecule has 2 heterocycles. The molecule has 0 atom stereocenters. The molecule has 1 amide bonds. The fourth-order valence-corrected chi connectivity index (χ4v) is 4.29. The van der Waals surface area contributed by atoms with Crippen molar-refractivity contribution < 1.29 is 9.90 Å². The Bertz CT molecular complexity index is 934. The quantitative estimate of drug-likeness (QED) is 0.703. The highest BCUT2D eigenvalue weighted by molar-refractivity contribution is 7.13. The first-order chi connectivity index (χ1) is 13.2. The van der Waals surface area contributed by atoms with Crippen LogP contribution >= 0.6 is 11.5 Å². The van der Waals surface area contributed by atoms with Crippen LogP contribution in [0.2, 0.25) is 0 Å². The van der Waals surface area contributed by atoms with Crippen LogP contribution in [-0.4, -0.2) is 53.2 Å². The number of fused-ring (bicyclic) bond motifs is 1. The molecule has 0 saturated carbocycles. The summed E-state index contributed by atoms with van der Waals surface area (Å²) in [4.78, 5) is 15.6. The smallest absolute Gasteiger partial charge is 0.409 e. The van der Waals surface area contributed by atoms with Gasteiger partial charge in [0.15, 0.2) is 0 Å². The Balaban J connectivity index is 1.32. The zero-order valence-electron chi connectivity index (χ0n) is 15.0. The second kappa shape index (κ2) is 7.94. The third-order valence-corrected chi connectivity index (χ3v) is 5.74. The zero-order valence-corrected chi connectivity index (χ0v) is 15.8. The van der Waals surface area contributed by atoms with Crippen molar-refractivity contribution in [2.75, 3.05) is 42.9 Å². The van der Waals surface area contributed by atoms with E-state index in [1.807, 2.05) is 18.2 Å². The summed E-state index contributed by atoms with van der Waals surface area (Å²) in [6.45, 7) is 4.96. The largest absolute Gasteiger partial charge is 0.465 e. The number of nitrogens with one attached hydrogen (secondary N) is 1. The van der Waals surface area contributed by atoms with Gasteiger partial charge in [-0.3, -0.25) is 10.2 Å². The van der Waals surface area contributed by atoms with Gasteiger partial charge in [0.2, 0.25) is 0 Å². The molecular formula is C20H22N4O2S. The second-order valence-electron chi connectivity index (χ2n) is 6.71. The lowest BCUT2D eigenvalue weighted by Gasteiger charge is -2.35. The van der Waals surface area contributed by atoms with Crippen molar-refractivity contribution in [1.29, 1.82) is 0 Å². The Kier molecular flexibility index (Phi) is 5.22. The number of rotatable bonds is 5. The van der Waals surface area contributed by atoms with Crippen molar-refractivity contribution in [1.82, 2.24) is 9.27 Å². The first-order valence-corrected chi connectivity index (χ1v) is 9.87. The number of amides is 1. The van der Waals surface area contributed by atoms with Crippen molar-refractivity contribution in [2.45, 2.75) is 6.42 Å². The van der Waals surface area contributed by atoms with Crippen molar-refractivity contribution in [3.8, 4) is 0 Å². The van der Waals surface area contributed by atoms with Gasteiger partial charge in [0.25, 0.3) is 0 Å². The molecule has 0 aliphatic carbocycles. The molecular weight excluding hydrogens is 360 g/mol. The van der Waals surface area contributed by atoms with Crippen LogP contribution in [0, 0.1) is 0 Å². The normalized spacial score (nSPS) is 15.2. The van der Waals surface area contributed by atoms with Crippen LogP contribution in [0.4, 0.5) is 16.3 Å². The summed E-state index contributed by atoms with van der Waals surface area (Å²) in [7, 11) is 0. The molecule has 3 aromatic rings. The number of carboxylic acid groups (broad SMARTS) is 1. The van der Waals surface area contributed by atoms with E-state index in [2.05, 4.69) is 43.8 Å². The molecule has 4 rings (SSSR count). The number of nitrogens with zero attached hydrogens (tertiary/aromatic N) is 3. The molecule has 0 unspecified atom stereocenters. The fourth-order valence-electron chi connectivity index (χ4n) is 3.50. The van der Waals surface area contributed by atoms with E-state index >= 15 is 0 Å². The summed E-state index contributed by atoms with van der Waals surface area (Å²) in [6, 6.07) is 16.0. The molecule has 2 N–H and O–H groups in total. The Morgan fingerprint density at radius 2 is 1.93 bits per heavy atom. The number of carbonyl (C=O) groups is 1. The first kappa shape index (κ1) is 17.8. The Morgan fingerprint density at radius 3 is 2.74 bits per heavy atom. The van der Waals surface area contributed by atoms with E-state index in [1.165, 1.54) is 10.1 Å². The monoisotopic (exact) mass is 382 g/mol. The van der Waals surface area contributed by atoms with Gasteiger partial charge in [-0.2, -0.15) is 4.37 Å². The van der Waals surface area contributed by atoms with Crippen LogP contribution in [0.3, 0.4) is 0 Å². The van der Waals surface area contributed by atoms with E-state index < -0.39 is 6.09 Å². The molecule has 1 aliphatic heterocycles. The predicted octanol–water partition coefficient (Wildman–Crippen LogP) is 3.75. The van der Waals surface area contributed by atoms with E-state index in [1.54, 1.807) is 17.6 Å². The second-order valence-corrected chi connectivity index (χ2v) is 7.52. The van der Waals surface area contributed by atoms with E-state index in [0.29, 0.717) is 5.69 Å². The Hall–Kier alpha value is -2.64. The van der Waals surface area contributed by atoms with Crippen LogP contribution in [0.25, 0.3) is 10.1 Å². The minimum absolute atomic E-state index is 0.625. The van der Waals surface area contributed by atoms with Crippen molar-refractivity contribution >= 4 is 39.2 Å². The lowest BCUT2D eigenvalue weighted by molar-refractivity contribution is 0.209. The molecule has 0 radical (unpaired) electrons. The van der Waals surface area contributed by atoms with E-state index in [-0.39, 0.29) is 0 Å². The number of hydrogen-bond acceptors (Lipinski definition) is 5. The average Bonchev–Trinajstić information content (AvgIpc) is 3.11. The summed E-state index contributed by atoms with van der Waals surface area (Å²) in [5, 5.41) is 12.5. The number of anilines is 2. The van der Waals surface area contributed by atoms with Gasteiger partial charge >= 0.3 is 6.09 Å². The van der Waals surface area contributed by atoms with Crippen LogP contribution in [0.15, 0.2) is 48.5 Å². The molecule has 140 valence electrons. The molecule has 0 spiro atoms. The SMILES string of the molecule is O=C(O)Nc1cccc(CCN2CCN(c3nsc4ccccc34)CC2)c1. The summed E-state index contributed by atoms with van der Waals surface area (Å²) in [6.07, 6.45) is -0.118. The predicted molar refractivity (Wildman–Crippen MR) is 110 cm³/mol. The van der Waals surface area contributed by atoms with Gasteiger partial charge in [-0.25, -0.2) is 4.79 Å². The lowest BCUT2D eigenvalue weighted by Crippen LogP contribution is -2.47. The number of piperazine rings is 1. The third-order valence-electron chi connectivity index (χ3n) is 4.93. The van der Waals surface area contributed by atoms with Crippen LogP contribution in [0.5, 0.6) is 0 Å². The molecule has 2 aromatic carbocycles. The van der Waals surface area contributed by atoms with Gasteiger partial charge in [-0.15, -0.1) is 0 Å². The third kappa shape index (κ3) is 4.20. The highest BCUT2D eigenvalue weighted by Gasteiger charge is 2.20. The molecule has 27 heavy (non-hydrogen) atoms. The standard InChI is InChI=1S/C20H22N4O2S/c25-20(26)21-16-5-3-4-15(14-16)8-9-23-10-12-24(13-11-23)19-17-6-1-2-7-18(17)27-22-19/h1-7,14,21H,8-13H2,(H,25,26).